The number of nitrogens with one attached hydrogen (secondary N) is 1. The molecule has 0 bridgehead atoms. The van der Waals surface area contributed by atoms with Crippen LogP contribution in [0.3, 0.4) is 0 Å². The summed E-state index contributed by atoms with van der Waals surface area (Å²) >= 11 is 0. The predicted octanol–water partition coefficient (Wildman–Crippen LogP) is 8.73. The smallest absolute Gasteiger partial charge is 0.0702 e. The molecule has 1 nitrogen and oxygen atoms in total. The van der Waals surface area contributed by atoms with Crippen LogP contribution in [0.1, 0.15) is 27.8 Å². The number of hydrogen-bond donors (Lipinski definition) is 1. The standard InChI is InChI=1S/C35H29N/c1-25-13-14-27-22-32(18-15-26(27)21-25)35(30-9-5-3-6-10-30,31-11-7-4-8-12-31)33-19-16-29-24-34(36-2)20-17-28(29)23-33/h3-24,36H,1-2H3. The van der Waals surface area contributed by atoms with Gasteiger partial charge in [0.15, 0.2) is 0 Å². The number of aryl methyl sites for hydroxylation is 1. The van der Waals surface area contributed by atoms with Crippen molar-refractivity contribution in [3.63, 3.8) is 0 Å². The highest BCUT2D eigenvalue weighted by molar-refractivity contribution is 5.88. The highest BCUT2D eigenvalue weighted by Gasteiger charge is 2.38. The van der Waals surface area contributed by atoms with E-state index in [9.17, 15) is 0 Å². The van der Waals surface area contributed by atoms with Gasteiger partial charge in [0, 0.05) is 12.7 Å². The van der Waals surface area contributed by atoms with Crippen molar-refractivity contribution in [3.8, 4) is 0 Å². The van der Waals surface area contributed by atoms with Crippen molar-refractivity contribution < 1.29 is 0 Å². The van der Waals surface area contributed by atoms with E-state index in [0.717, 1.165) is 5.69 Å². The molecule has 0 fully saturated rings. The van der Waals surface area contributed by atoms with Crippen LogP contribution in [0, 0.1) is 6.92 Å². The van der Waals surface area contributed by atoms with Crippen LogP contribution < -0.4 is 5.32 Å². The first-order valence-corrected chi connectivity index (χ1v) is 12.5. The second kappa shape index (κ2) is 9.02. The summed E-state index contributed by atoms with van der Waals surface area (Å²) in [7, 11) is 1.96. The SMILES string of the molecule is CNc1ccc2cc(C(c3ccccc3)(c3ccccc3)c3ccc4cc(C)ccc4c3)ccc2c1. The van der Waals surface area contributed by atoms with Crippen molar-refractivity contribution in [1.82, 2.24) is 0 Å². The second-order valence-corrected chi connectivity index (χ2v) is 9.57. The minimum absolute atomic E-state index is 0.461. The summed E-state index contributed by atoms with van der Waals surface area (Å²) in [5.41, 5.74) is 6.99. The van der Waals surface area contributed by atoms with Crippen LogP contribution in [0.5, 0.6) is 0 Å². The molecule has 6 aromatic carbocycles. The molecule has 0 saturated heterocycles. The maximum atomic E-state index is 3.26. The first-order valence-electron chi connectivity index (χ1n) is 12.5. The first kappa shape index (κ1) is 22.1. The van der Waals surface area contributed by atoms with Gasteiger partial charge in [0.05, 0.1) is 5.41 Å². The average Bonchev–Trinajstić information content (AvgIpc) is 2.94. The van der Waals surface area contributed by atoms with Gasteiger partial charge in [-0.05, 0) is 75.0 Å². The normalized spacial score (nSPS) is 11.6. The summed E-state index contributed by atoms with van der Waals surface area (Å²) < 4.78 is 0. The van der Waals surface area contributed by atoms with Gasteiger partial charge >= 0.3 is 0 Å². The Balaban J connectivity index is 1.71. The largest absolute Gasteiger partial charge is 0.388 e. The number of fused-ring (bicyclic) bond motifs is 2. The van der Waals surface area contributed by atoms with Gasteiger partial charge in [0.2, 0.25) is 0 Å². The lowest BCUT2D eigenvalue weighted by atomic mass is 9.64. The molecule has 6 aromatic rings. The fourth-order valence-electron chi connectivity index (χ4n) is 5.61. The Morgan fingerprint density at radius 2 is 0.917 bits per heavy atom. The maximum absolute atomic E-state index is 3.26. The summed E-state index contributed by atoms with van der Waals surface area (Å²) in [4.78, 5) is 0. The third-order valence-electron chi connectivity index (χ3n) is 7.40. The fraction of sp³-hybridized carbons (Fsp3) is 0.0857. The number of benzene rings is 6. The Morgan fingerprint density at radius 1 is 0.444 bits per heavy atom. The van der Waals surface area contributed by atoms with E-state index < -0.39 is 5.41 Å². The maximum Gasteiger partial charge on any atom is 0.0702 e. The van der Waals surface area contributed by atoms with Crippen molar-refractivity contribution >= 4 is 27.2 Å². The average molecular weight is 464 g/mol. The van der Waals surface area contributed by atoms with Crippen LogP contribution in [0.15, 0.2) is 133 Å². The zero-order chi connectivity index (χ0) is 24.5. The molecular formula is C35H29N. The Morgan fingerprint density at radius 3 is 1.47 bits per heavy atom. The monoisotopic (exact) mass is 463 g/mol. The molecule has 174 valence electrons. The van der Waals surface area contributed by atoms with E-state index in [-0.39, 0.29) is 0 Å². The van der Waals surface area contributed by atoms with Crippen LogP contribution in [0.2, 0.25) is 0 Å². The van der Waals surface area contributed by atoms with E-state index in [1.807, 2.05) is 7.05 Å². The topological polar surface area (TPSA) is 12.0 Å². The Kier molecular flexibility index (Phi) is 5.54. The molecule has 0 radical (unpaired) electrons. The molecule has 0 unspecified atom stereocenters. The van der Waals surface area contributed by atoms with E-state index in [1.165, 1.54) is 49.4 Å². The van der Waals surface area contributed by atoms with Crippen LogP contribution in [0.4, 0.5) is 5.69 Å². The third-order valence-corrected chi connectivity index (χ3v) is 7.40. The highest BCUT2D eigenvalue weighted by atomic mass is 14.8. The van der Waals surface area contributed by atoms with E-state index in [2.05, 4.69) is 146 Å². The van der Waals surface area contributed by atoms with Gasteiger partial charge < -0.3 is 5.32 Å². The van der Waals surface area contributed by atoms with Gasteiger partial charge in [-0.3, -0.25) is 0 Å². The van der Waals surface area contributed by atoms with Gasteiger partial charge in [-0.15, -0.1) is 0 Å². The van der Waals surface area contributed by atoms with Crippen molar-refractivity contribution in [1.29, 1.82) is 0 Å². The van der Waals surface area contributed by atoms with Gasteiger partial charge in [0.1, 0.15) is 0 Å². The van der Waals surface area contributed by atoms with Crippen molar-refractivity contribution in [2.75, 3.05) is 12.4 Å². The minimum Gasteiger partial charge on any atom is -0.388 e. The van der Waals surface area contributed by atoms with Crippen LogP contribution in [-0.2, 0) is 5.41 Å². The quantitative estimate of drug-likeness (QED) is 0.252. The number of rotatable bonds is 5. The fourth-order valence-corrected chi connectivity index (χ4v) is 5.61. The van der Waals surface area contributed by atoms with Gasteiger partial charge in [-0.1, -0.05) is 115 Å². The third kappa shape index (κ3) is 3.65. The molecule has 0 spiro atoms. The molecule has 0 aliphatic heterocycles. The number of anilines is 1. The Labute approximate surface area is 213 Å². The van der Waals surface area contributed by atoms with Gasteiger partial charge in [-0.2, -0.15) is 0 Å². The van der Waals surface area contributed by atoms with E-state index in [4.69, 9.17) is 0 Å². The zero-order valence-electron chi connectivity index (χ0n) is 20.7. The lowest BCUT2D eigenvalue weighted by molar-refractivity contribution is 0.748. The minimum atomic E-state index is -0.461. The summed E-state index contributed by atoms with van der Waals surface area (Å²) in [6, 6.07) is 49.1. The van der Waals surface area contributed by atoms with Crippen LogP contribution in [0.25, 0.3) is 21.5 Å². The molecule has 0 aliphatic carbocycles. The molecule has 1 heteroatoms. The van der Waals surface area contributed by atoms with Crippen LogP contribution in [-0.4, -0.2) is 7.05 Å². The summed E-state index contributed by atoms with van der Waals surface area (Å²) in [6.07, 6.45) is 0. The summed E-state index contributed by atoms with van der Waals surface area (Å²) in [5.74, 6) is 0. The van der Waals surface area contributed by atoms with Crippen molar-refractivity contribution in [3.05, 3.63) is 161 Å². The summed E-state index contributed by atoms with van der Waals surface area (Å²) in [5, 5.41) is 8.26. The first-order chi connectivity index (χ1) is 17.7. The molecule has 1 N–H and O–H groups in total. The molecule has 6 rings (SSSR count). The molecule has 0 heterocycles. The molecule has 0 atom stereocenters. The predicted molar refractivity (Wildman–Crippen MR) is 154 cm³/mol. The second-order valence-electron chi connectivity index (χ2n) is 9.57. The zero-order valence-corrected chi connectivity index (χ0v) is 20.7. The molecule has 36 heavy (non-hydrogen) atoms. The molecule has 0 saturated carbocycles. The molecular weight excluding hydrogens is 434 g/mol. The number of hydrogen-bond acceptors (Lipinski definition) is 1. The van der Waals surface area contributed by atoms with E-state index in [0.29, 0.717) is 0 Å². The Bertz CT molecular complexity index is 1630. The lowest BCUT2D eigenvalue weighted by Crippen LogP contribution is -2.31. The summed E-state index contributed by atoms with van der Waals surface area (Å²) in [6.45, 7) is 2.15. The van der Waals surface area contributed by atoms with E-state index in [1.54, 1.807) is 0 Å². The van der Waals surface area contributed by atoms with Crippen molar-refractivity contribution in [2.24, 2.45) is 0 Å². The molecule has 0 amide bonds. The highest BCUT2D eigenvalue weighted by Crippen LogP contribution is 2.46. The van der Waals surface area contributed by atoms with Gasteiger partial charge in [-0.25, -0.2) is 0 Å². The molecule has 0 aliphatic rings. The van der Waals surface area contributed by atoms with E-state index >= 15 is 0 Å². The van der Waals surface area contributed by atoms with Crippen LogP contribution >= 0.6 is 0 Å². The van der Waals surface area contributed by atoms with Crippen molar-refractivity contribution in [2.45, 2.75) is 12.3 Å². The van der Waals surface area contributed by atoms with Gasteiger partial charge in [0.25, 0.3) is 0 Å². The molecule has 0 aromatic heterocycles. The lowest BCUT2D eigenvalue weighted by Gasteiger charge is -2.37. The Hall–Kier alpha value is -4.36.